The Kier molecular flexibility index (Phi) is 6.50. The van der Waals surface area contributed by atoms with Gasteiger partial charge < -0.3 is 15.2 Å². The summed E-state index contributed by atoms with van der Waals surface area (Å²) in [6, 6.07) is 3.95. The van der Waals surface area contributed by atoms with Gasteiger partial charge in [0.1, 0.15) is 11.6 Å². The van der Waals surface area contributed by atoms with Crippen LogP contribution in [0.25, 0.3) is 0 Å². The molecule has 0 fully saturated rings. The van der Waals surface area contributed by atoms with Gasteiger partial charge in [-0.3, -0.25) is 0 Å². The molecule has 5 nitrogen and oxygen atoms in total. The Labute approximate surface area is 139 Å². The van der Waals surface area contributed by atoms with Crippen molar-refractivity contribution in [1.82, 2.24) is 5.32 Å². The molecule has 0 unspecified atom stereocenters. The van der Waals surface area contributed by atoms with Gasteiger partial charge in [0.2, 0.25) is 0 Å². The lowest BCUT2D eigenvalue weighted by Gasteiger charge is -2.22. The number of halogens is 2. The average molecular weight is 348 g/mol. The summed E-state index contributed by atoms with van der Waals surface area (Å²) in [5, 5.41) is 12.5. The topological polar surface area (TPSA) is 75.6 Å². The number of alkyl carbamates (subject to hydrolysis) is 1. The van der Waals surface area contributed by atoms with E-state index in [0.717, 1.165) is 5.56 Å². The van der Waals surface area contributed by atoms with Crippen molar-refractivity contribution in [3.63, 3.8) is 0 Å². The minimum Gasteiger partial charge on any atom is -0.480 e. The average Bonchev–Trinajstić information content (AvgIpc) is 2.33. The summed E-state index contributed by atoms with van der Waals surface area (Å²) in [5.41, 5.74) is 0.0791. The molecule has 0 bridgehead atoms. The van der Waals surface area contributed by atoms with Crippen LogP contribution in [0.2, 0.25) is 10.0 Å². The normalized spacial score (nSPS) is 12.6. The van der Waals surface area contributed by atoms with Crippen LogP contribution in [-0.4, -0.2) is 28.8 Å². The van der Waals surface area contributed by atoms with Gasteiger partial charge in [-0.25, -0.2) is 9.59 Å². The highest BCUT2D eigenvalue weighted by Crippen LogP contribution is 2.22. The van der Waals surface area contributed by atoms with E-state index in [4.69, 9.17) is 27.9 Å². The van der Waals surface area contributed by atoms with Gasteiger partial charge in [-0.05, 0) is 51.3 Å². The van der Waals surface area contributed by atoms with Crippen LogP contribution >= 0.6 is 23.2 Å². The second-order valence-corrected chi connectivity index (χ2v) is 6.66. The maximum Gasteiger partial charge on any atom is 0.408 e. The SMILES string of the molecule is CC(C)(C)OC(=O)N[C@H](CCc1ccc(Cl)cc1Cl)C(=O)O. The zero-order valence-electron chi connectivity index (χ0n) is 12.7. The van der Waals surface area contributed by atoms with Crippen molar-refractivity contribution in [2.75, 3.05) is 0 Å². The van der Waals surface area contributed by atoms with Crippen LogP contribution in [0.15, 0.2) is 18.2 Å². The summed E-state index contributed by atoms with van der Waals surface area (Å²) in [6.45, 7) is 5.11. The molecule has 0 aliphatic carbocycles. The number of ether oxygens (including phenoxy) is 1. The highest BCUT2D eigenvalue weighted by molar-refractivity contribution is 6.35. The van der Waals surface area contributed by atoms with Crippen molar-refractivity contribution in [2.24, 2.45) is 0 Å². The number of aliphatic carboxylic acids is 1. The molecule has 1 atom stereocenters. The standard InChI is InChI=1S/C15H19Cl2NO4/c1-15(2,3)22-14(21)18-12(13(19)20)7-5-9-4-6-10(16)8-11(9)17/h4,6,8,12H,5,7H2,1-3H3,(H,18,21)(H,19,20)/t12-/m1/s1. The van der Waals surface area contributed by atoms with Crippen LogP contribution in [0.1, 0.15) is 32.8 Å². The van der Waals surface area contributed by atoms with E-state index in [1.165, 1.54) is 0 Å². The fourth-order valence-electron chi connectivity index (χ4n) is 1.73. The molecule has 0 saturated carbocycles. The smallest absolute Gasteiger partial charge is 0.408 e. The number of benzene rings is 1. The maximum absolute atomic E-state index is 11.7. The zero-order valence-corrected chi connectivity index (χ0v) is 14.2. The molecule has 0 heterocycles. The minimum atomic E-state index is -1.13. The van der Waals surface area contributed by atoms with E-state index in [1.54, 1.807) is 39.0 Å². The summed E-state index contributed by atoms with van der Waals surface area (Å²) in [7, 11) is 0. The molecule has 0 saturated heterocycles. The third kappa shape index (κ3) is 6.54. The Hall–Kier alpha value is -1.46. The largest absolute Gasteiger partial charge is 0.480 e. The van der Waals surface area contributed by atoms with Crippen LogP contribution in [0.3, 0.4) is 0 Å². The fourth-order valence-corrected chi connectivity index (χ4v) is 2.23. The van der Waals surface area contributed by atoms with Crippen molar-refractivity contribution in [3.8, 4) is 0 Å². The van der Waals surface area contributed by atoms with Crippen LogP contribution < -0.4 is 5.32 Å². The molecule has 1 rings (SSSR count). The van der Waals surface area contributed by atoms with Gasteiger partial charge in [0, 0.05) is 10.0 Å². The van der Waals surface area contributed by atoms with E-state index in [-0.39, 0.29) is 6.42 Å². The van der Waals surface area contributed by atoms with E-state index in [1.807, 2.05) is 0 Å². The molecular weight excluding hydrogens is 329 g/mol. The molecule has 0 aliphatic heterocycles. The second-order valence-electron chi connectivity index (χ2n) is 5.81. The third-order valence-electron chi connectivity index (χ3n) is 2.71. The van der Waals surface area contributed by atoms with Gasteiger partial charge in [-0.1, -0.05) is 29.3 Å². The van der Waals surface area contributed by atoms with Crippen molar-refractivity contribution in [2.45, 2.75) is 45.3 Å². The van der Waals surface area contributed by atoms with E-state index in [2.05, 4.69) is 5.32 Å². The number of carbonyl (C=O) groups is 2. The Balaban J connectivity index is 2.65. The van der Waals surface area contributed by atoms with Crippen molar-refractivity contribution >= 4 is 35.3 Å². The molecule has 0 aromatic heterocycles. The molecule has 0 aliphatic rings. The predicted molar refractivity (Wildman–Crippen MR) is 85.6 cm³/mol. The monoisotopic (exact) mass is 347 g/mol. The number of amides is 1. The first-order valence-corrected chi connectivity index (χ1v) is 7.50. The number of hydrogen-bond donors (Lipinski definition) is 2. The Bertz CT molecular complexity index is 555. The Morgan fingerprint density at radius 3 is 2.45 bits per heavy atom. The maximum atomic E-state index is 11.7. The lowest BCUT2D eigenvalue weighted by atomic mass is 10.1. The van der Waals surface area contributed by atoms with E-state index in [9.17, 15) is 14.7 Å². The molecule has 0 spiro atoms. The predicted octanol–water partition coefficient (Wildman–Crippen LogP) is 3.90. The van der Waals surface area contributed by atoms with Crippen LogP contribution in [0, 0.1) is 0 Å². The van der Waals surface area contributed by atoms with Crippen LogP contribution in [-0.2, 0) is 16.0 Å². The molecule has 22 heavy (non-hydrogen) atoms. The van der Waals surface area contributed by atoms with Gasteiger partial charge in [-0.15, -0.1) is 0 Å². The first-order valence-electron chi connectivity index (χ1n) is 6.75. The van der Waals surface area contributed by atoms with Crippen LogP contribution in [0.5, 0.6) is 0 Å². The van der Waals surface area contributed by atoms with Gasteiger partial charge in [0.15, 0.2) is 0 Å². The number of carboxylic acid groups (broad SMARTS) is 1. The van der Waals surface area contributed by atoms with Gasteiger partial charge >= 0.3 is 12.1 Å². The molecule has 7 heteroatoms. The third-order valence-corrected chi connectivity index (χ3v) is 3.29. The summed E-state index contributed by atoms with van der Waals surface area (Å²) in [4.78, 5) is 22.9. The zero-order chi connectivity index (χ0) is 16.9. The van der Waals surface area contributed by atoms with Gasteiger partial charge in [0.05, 0.1) is 0 Å². The molecule has 2 N–H and O–H groups in total. The highest BCUT2D eigenvalue weighted by Gasteiger charge is 2.24. The van der Waals surface area contributed by atoms with Crippen LogP contribution in [0.4, 0.5) is 4.79 Å². The van der Waals surface area contributed by atoms with E-state index >= 15 is 0 Å². The van der Waals surface area contributed by atoms with Gasteiger partial charge in [0.25, 0.3) is 0 Å². The number of carbonyl (C=O) groups excluding carboxylic acids is 1. The summed E-state index contributed by atoms with van der Waals surface area (Å²) in [6.07, 6.45) is -0.180. The lowest BCUT2D eigenvalue weighted by Crippen LogP contribution is -2.43. The van der Waals surface area contributed by atoms with Crippen molar-refractivity contribution < 1.29 is 19.4 Å². The number of carboxylic acids is 1. The lowest BCUT2D eigenvalue weighted by molar-refractivity contribution is -0.139. The summed E-state index contributed by atoms with van der Waals surface area (Å²) in [5.74, 6) is -1.13. The van der Waals surface area contributed by atoms with Gasteiger partial charge in [-0.2, -0.15) is 0 Å². The molecule has 1 amide bonds. The minimum absolute atomic E-state index is 0.190. The molecule has 1 aromatic carbocycles. The second kappa shape index (κ2) is 7.70. The van der Waals surface area contributed by atoms with E-state index in [0.29, 0.717) is 16.5 Å². The molecule has 0 radical (unpaired) electrons. The number of rotatable bonds is 5. The first-order chi connectivity index (χ1) is 10.1. The fraction of sp³-hybridized carbons (Fsp3) is 0.467. The van der Waals surface area contributed by atoms with Crippen molar-refractivity contribution in [3.05, 3.63) is 33.8 Å². The first kappa shape index (κ1) is 18.6. The molecule has 1 aromatic rings. The van der Waals surface area contributed by atoms with Crippen molar-refractivity contribution in [1.29, 1.82) is 0 Å². The number of nitrogens with one attached hydrogen (secondary N) is 1. The summed E-state index contributed by atoms with van der Waals surface area (Å²) >= 11 is 11.8. The summed E-state index contributed by atoms with van der Waals surface area (Å²) < 4.78 is 5.05. The number of aryl methyl sites for hydroxylation is 1. The quantitative estimate of drug-likeness (QED) is 0.846. The van der Waals surface area contributed by atoms with E-state index < -0.39 is 23.7 Å². The number of hydrogen-bond acceptors (Lipinski definition) is 3. The Morgan fingerprint density at radius 2 is 1.95 bits per heavy atom. The molecule has 122 valence electrons. The highest BCUT2D eigenvalue weighted by atomic mass is 35.5. The Morgan fingerprint density at radius 1 is 1.32 bits per heavy atom. The molecular formula is C15H19Cl2NO4.